The Morgan fingerprint density at radius 1 is 1.30 bits per heavy atom. The SMILES string of the molecule is [CH]1OC(c2nnco2)N(c2cscn2)N1c1nccs1. The van der Waals surface area contributed by atoms with Gasteiger partial charge in [-0.05, 0) is 0 Å². The molecule has 1 fully saturated rings. The molecule has 1 unspecified atom stereocenters. The van der Waals surface area contributed by atoms with Crippen LogP contribution in [-0.2, 0) is 4.74 Å². The number of thiazole rings is 2. The normalized spacial score (nSPS) is 18.9. The van der Waals surface area contributed by atoms with E-state index < -0.39 is 6.23 Å². The minimum atomic E-state index is -0.552. The van der Waals surface area contributed by atoms with Crippen LogP contribution in [0.2, 0.25) is 0 Å². The molecule has 0 saturated carbocycles. The minimum absolute atomic E-state index is 0.355. The van der Waals surface area contributed by atoms with Crippen LogP contribution in [0.15, 0.2) is 33.3 Å². The number of nitrogens with zero attached hydrogens (tertiary/aromatic N) is 6. The van der Waals surface area contributed by atoms with E-state index in [9.17, 15) is 0 Å². The van der Waals surface area contributed by atoms with Gasteiger partial charge in [-0.1, -0.05) is 0 Å². The zero-order chi connectivity index (χ0) is 13.4. The van der Waals surface area contributed by atoms with Crippen molar-refractivity contribution in [3.05, 3.63) is 41.5 Å². The first kappa shape index (κ1) is 11.8. The van der Waals surface area contributed by atoms with Gasteiger partial charge in [0.2, 0.25) is 24.5 Å². The summed E-state index contributed by atoms with van der Waals surface area (Å²) < 4.78 is 10.9. The third-order valence-corrected chi connectivity index (χ3v) is 3.94. The van der Waals surface area contributed by atoms with Crippen molar-refractivity contribution in [2.45, 2.75) is 6.23 Å². The molecule has 0 aliphatic carbocycles. The van der Waals surface area contributed by atoms with E-state index in [0.29, 0.717) is 5.89 Å². The fourth-order valence-corrected chi connectivity index (χ4v) is 2.93. The van der Waals surface area contributed by atoms with Crippen LogP contribution < -0.4 is 10.0 Å². The lowest BCUT2D eigenvalue weighted by Gasteiger charge is -2.27. The van der Waals surface area contributed by atoms with Gasteiger partial charge in [-0.15, -0.1) is 32.9 Å². The number of hydrogen-bond acceptors (Lipinski definition) is 10. The van der Waals surface area contributed by atoms with Crippen molar-refractivity contribution < 1.29 is 9.15 Å². The first-order valence-corrected chi connectivity index (χ1v) is 7.36. The molecule has 1 aliphatic rings. The van der Waals surface area contributed by atoms with Crippen LogP contribution in [0.3, 0.4) is 0 Å². The molecule has 1 saturated heterocycles. The number of hydrogen-bond donors (Lipinski definition) is 0. The second kappa shape index (κ2) is 4.81. The van der Waals surface area contributed by atoms with Gasteiger partial charge in [0.15, 0.2) is 5.82 Å². The summed E-state index contributed by atoms with van der Waals surface area (Å²) in [5.41, 5.74) is 1.75. The molecule has 0 N–H and O–H groups in total. The fraction of sp³-hybridized carbons (Fsp3) is 0.100. The highest BCUT2D eigenvalue weighted by molar-refractivity contribution is 7.13. The molecule has 1 aliphatic heterocycles. The lowest BCUT2D eigenvalue weighted by Crippen LogP contribution is -2.37. The number of rotatable bonds is 3. The van der Waals surface area contributed by atoms with Crippen LogP contribution in [0, 0.1) is 6.73 Å². The van der Waals surface area contributed by atoms with Crippen LogP contribution in [-0.4, -0.2) is 20.2 Å². The highest BCUT2D eigenvalue weighted by atomic mass is 32.1. The molecule has 8 nitrogen and oxygen atoms in total. The predicted molar refractivity (Wildman–Crippen MR) is 71.6 cm³/mol. The van der Waals surface area contributed by atoms with E-state index in [1.54, 1.807) is 23.4 Å². The Bertz CT molecular complexity index is 614. The molecule has 0 spiro atoms. The van der Waals surface area contributed by atoms with Crippen molar-refractivity contribution in [2.24, 2.45) is 0 Å². The molecule has 0 aromatic carbocycles. The van der Waals surface area contributed by atoms with Crippen molar-refractivity contribution in [1.82, 2.24) is 20.2 Å². The Hall–Kier alpha value is -2.04. The largest absolute Gasteiger partial charge is 0.423 e. The molecule has 1 atom stereocenters. The molecular formula is C10H7N6O2S2. The Morgan fingerprint density at radius 2 is 2.30 bits per heavy atom. The minimum Gasteiger partial charge on any atom is -0.423 e. The van der Waals surface area contributed by atoms with E-state index in [2.05, 4.69) is 20.2 Å². The fourth-order valence-electron chi connectivity index (χ4n) is 1.80. The van der Waals surface area contributed by atoms with E-state index >= 15 is 0 Å². The lowest BCUT2D eigenvalue weighted by molar-refractivity contribution is 0.128. The highest BCUT2D eigenvalue weighted by Gasteiger charge is 2.40. The summed E-state index contributed by atoms with van der Waals surface area (Å²) in [6.07, 6.45) is 2.44. The average Bonchev–Trinajstić information content (AvgIpc) is 3.23. The maximum absolute atomic E-state index is 5.63. The quantitative estimate of drug-likeness (QED) is 0.727. The van der Waals surface area contributed by atoms with Crippen LogP contribution in [0.5, 0.6) is 0 Å². The molecule has 20 heavy (non-hydrogen) atoms. The van der Waals surface area contributed by atoms with Gasteiger partial charge in [-0.2, -0.15) is 0 Å². The zero-order valence-corrected chi connectivity index (χ0v) is 11.5. The van der Waals surface area contributed by atoms with E-state index in [1.807, 2.05) is 15.8 Å². The lowest BCUT2D eigenvalue weighted by atomic mass is 10.5. The van der Waals surface area contributed by atoms with Crippen LogP contribution >= 0.6 is 22.7 Å². The zero-order valence-electron chi connectivity index (χ0n) is 9.86. The summed E-state index contributed by atoms with van der Waals surface area (Å²) in [6.45, 7) is 1.56. The Morgan fingerprint density at radius 3 is 3.00 bits per heavy atom. The van der Waals surface area contributed by atoms with Crippen LogP contribution in [0.1, 0.15) is 12.1 Å². The monoisotopic (exact) mass is 307 g/mol. The molecule has 1 radical (unpaired) electrons. The molecule has 4 heterocycles. The third-order valence-electron chi connectivity index (χ3n) is 2.60. The van der Waals surface area contributed by atoms with E-state index in [1.165, 1.54) is 29.1 Å². The van der Waals surface area contributed by atoms with Crippen LogP contribution in [0.25, 0.3) is 0 Å². The van der Waals surface area contributed by atoms with Gasteiger partial charge in [0.25, 0.3) is 5.89 Å². The van der Waals surface area contributed by atoms with Gasteiger partial charge in [0.05, 0.1) is 5.51 Å². The van der Waals surface area contributed by atoms with Gasteiger partial charge in [0.1, 0.15) is 0 Å². The van der Waals surface area contributed by atoms with Crippen molar-refractivity contribution >= 4 is 33.6 Å². The van der Waals surface area contributed by atoms with E-state index in [-0.39, 0.29) is 0 Å². The molecule has 4 rings (SSSR count). The number of anilines is 2. The average molecular weight is 307 g/mol. The summed E-state index contributed by atoms with van der Waals surface area (Å²) in [6, 6.07) is 0. The second-order valence-electron chi connectivity index (χ2n) is 3.72. The van der Waals surface area contributed by atoms with Gasteiger partial charge in [-0.25, -0.2) is 20.0 Å². The third kappa shape index (κ3) is 1.85. The van der Waals surface area contributed by atoms with Crippen LogP contribution in [0.4, 0.5) is 10.9 Å². The highest BCUT2D eigenvalue weighted by Crippen LogP contribution is 2.38. The van der Waals surface area contributed by atoms with E-state index in [0.717, 1.165) is 10.9 Å². The topological polar surface area (TPSA) is 80.4 Å². The predicted octanol–water partition coefficient (Wildman–Crippen LogP) is 2.06. The van der Waals surface area contributed by atoms with Gasteiger partial charge in [0, 0.05) is 17.0 Å². The Kier molecular flexibility index (Phi) is 2.83. The van der Waals surface area contributed by atoms with Gasteiger partial charge in [-0.3, -0.25) is 0 Å². The van der Waals surface area contributed by atoms with E-state index in [4.69, 9.17) is 9.15 Å². The molecule has 3 aromatic rings. The molecular weight excluding hydrogens is 300 g/mol. The first-order valence-electron chi connectivity index (χ1n) is 5.54. The molecule has 0 amide bonds. The van der Waals surface area contributed by atoms with Crippen molar-refractivity contribution in [2.75, 3.05) is 10.0 Å². The summed E-state index contributed by atoms with van der Waals surface area (Å²) in [7, 11) is 0. The summed E-state index contributed by atoms with van der Waals surface area (Å²) in [5, 5.41) is 15.7. The number of hydrazine groups is 1. The Balaban J connectivity index is 1.75. The molecule has 3 aromatic heterocycles. The number of ether oxygens (including phenoxy) is 1. The van der Waals surface area contributed by atoms with Crippen molar-refractivity contribution in [3.63, 3.8) is 0 Å². The van der Waals surface area contributed by atoms with Gasteiger partial charge >= 0.3 is 0 Å². The number of aromatic nitrogens is 4. The molecule has 0 bridgehead atoms. The first-order chi connectivity index (χ1) is 9.93. The molecule has 10 heteroatoms. The standard InChI is InChI=1S/C10H7N6O2S2/c1-2-20-10(11-1)15-6-18-9(8-14-13-4-17-8)16(15)7-3-19-5-12-7/h1-6,9H. The summed E-state index contributed by atoms with van der Waals surface area (Å²) >= 11 is 2.98. The summed E-state index contributed by atoms with van der Waals surface area (Å²) in [5.74, 6) is 1.08. The van der Waals surface area contributed by atoms with Crippen molar-refractivity contribution in [3.8, 4) is 0 Å². The van der Waals surface area contributed by atoms with Crippen molar-refractivity contribution in [1.29, 1.82) is 0 Å². The van der Waals surface area contributed by atoms with Gasteiger partial charge < -0.3 is 9.15 Å². The Labute approximate surface area is 121 Å². The maximum atomic E-state index is 5.63. The summed E-state index contributed by atoms with van der Waals surface area (Å²) in [4.78, 5) is 8.58. The molecule has 101 valence electrons. The smallest absolute Gasteiger partial charge is 0.267 e. The maximum Gasteiger partial charge on any atom is 0.267 e. The second-order valence-corrected chi connectivity index (χ2v) is 5.31.